The number of anilines is 1. The standard InChI is InChI=1S/C15H24N4OS/c1-3-16-15-17-13(10-21-15)14(20)19-7-6-18(12-4-5-12)8-11(2)9-19/h10-12H,3-9H2,1-2H3,(H,16,17). The summed E-state index contributed by atoms with van der Waals surface area (Å²) in [5.41, 5.74) is 0.586. The van der Waals surface area contributed by atoms with E-state index >= 15 is 0 Å². The summed E-state index contributed by atoms with van der Waals surface area (Å²) in [5.74, 6) is 0.615. The van der Waals surface area contributed by atoms with Gasteiger partial charge in [-0.05, 0) is 25.7 Å². The predicted molar refractivity (Wildman–Crippen MR) is 85.9 cm³/mol. The lowest BCUT2D eigenvalue weighted by atomic mass is 10.1. The van der Waals surface area contributed by atoms with E-state index in [1.54, 1.807) is 0 Å². The molecule has 3 rings (SSSR count). The minimum absolute atomic E-state index is 0.0832. The number of amides is 1. The Balaban J connectivity index is 1.65. The van der Waals surface area contributed by atoms with Gasteiger partial charge in [-0.3, -0.25) is 9.69 Å². The van der Waals surface area contributed by atoms with Crippen molar-refractivity contribution in [1.29, 1.82) is 0 Å². The zero-order valence-corrected chi connectivity index (χ0v) is 13.7. The van der Waals surface area contributed by atoms with Gasteiger partial charge in [0.15, 0.2) is 5.13 Å². The SMILES string of the molecule is CCNc1nc(C(=O)N2CCN(C3CC3)CC(C)C2)cs1. The van der Waals surface area contributed by atoms with E-state index in [0.29, 0.717) is 11.6 Å². The van der Waals surface area contributed by atoms with Crippen LogP contribution in [-0.2, 0) is 0 Å². The van der Waals surface area contributed by atoms with E-state index in [9.17, 15) is 4.79 Å². The van der Waals surface area contributed by atoms with E-state index < -0.39 is 0 Å². The molecular formula is C15H24N4OS. The van der Waals surface area contributed by atoms with Gasteiger partial charge in [-0.2, -0.15) is 0 Å². The molecule has 1 unspecified atom stereocenters. The first kappa shape index (κ1) is 14.8. The Kier molecular flexibility index (Phi) is 4.45. The van der Waals surface area contributed by atoms with Crippen LogP contribution in [0, 0.1) is 5.92 Å². The number of hydrogen-bond acceptors (Lipinski definition) is 5. The van der Waals surface area contributed by atoms with Crippen molar-refractivity contribution in [1.82, 2.24) is 14.8 Å². The van der Waals surface area contributed by atoms with Gasteiger partial charge in [0.1, 0.15) is 5.69 Å². The maximum atomic E-state index is 12.6. The first-order valence-electron chi connectivity index (χ1n) is 7.90. The van der Waals surface area contributed by atoms with Crippen LogP contribution in [-0.4, -0.2) is 59.5 Å². The van der Waals surface area contributed by atoms with Crippen molar-refractivity contribution >= 4 is 22.4 Å². The van der Waals surface area contributed by atoms with Gasteiger partial charge >= 0.3 is 0 Å². The number of hydrogen-bond donors (Lipinski definition) is 1. The van der Waals surface area contributed by atoms with E-state index in [0.717, 1.165) is 43.9 Å². The molecule has 0 spiro atoms. The Bertz CT molecular complexity index is 500. The van der Waals surface area contributed by atoms with Gasteiger partial charge in [0, 0.05) is 44.1 Å². The van der Waals surface area contributed by atoms with Gasteiger partial charge in [-0.25, -0.2) is 4.98 Å². The molecule has 1 saturated carbocycles. The molecule has 2 heterocycles. The topological polar surface area (TPSA) is 48.5 Å². The smallest absolute Gasteiger partial charge is 0.273 e. The van der Waals surface area contributed by atoms with Gasteiger partial charge in [-0.1, -0.05) is 6.92 Å². The van der Waals surface area contributed by atoms with Crippen molar-refractivity contribution in [3.05, 3.63) is 11.1 Å². The summed E-state index contributed by atoms with van der Waals surface area (Å²) in [6, 6.07) is 0.780. The molecule has 1 aromatic rings. The molecule has 1 amide bonds. The minimum atomic E-state index is 0.0832. The summed E-state index contributed by atoms with van der Waals surface area (Å²) in [7, 11) is 0. The largest absolute Gasteiger partial charge is 0.362 e. The molecule has 1 aliphatic carbocycles. The first-order valence-corrected chi connectivity index (χ1v) is 8.78. The number of nitrogens with one attached hydrogen (secondary N) is 1. The molecular weight excluding hydrogens is 284 g/mol. The van der Waals surface area contributed by atoms with Crippen LogP contribution < -0.4 is 5.32 Å². The third-order valence-electron chi connectivity index (χ3n) is 4.14. The lowest BCUT2D eigenvalue weighted by Crippen LogP contribution is -2.36. The van der Waals surface area contributed by atoms with Crippen LogP contribution in [0.2, 0.25) is 0 Å². The van der Waals surface area contributed by atoms with Crippen molar-refractivity contribution < 1.29 is 4.79 Å². The van der Waals surface area contributed by atoms with Crippen LogP contribution in [0.5, 0.6) is 0 Å². The van der Waals surface area contributed by atoms with Gasteiger partial charge in [0.25, 0.3) is 5.91 Å². The number of carbonyl (C=O) groups is 1. The van der Waals surface area contributed by atoms with Crippen LogP contribution in [0.4, 0.5) is 5.13 Å². The highest BCUT2D eigenvalue weighted by Crippen LogP contribution is 2.28. The molecule has 6 heteroatoms. The Hall–Kier alpha value is -1.14. The molecule has 1 aliphatic heterocycles. The monoisotopic (exact) mass is 308 g/mol. The molecule has 0 bridgehead atoms. The highest BCUT2D eigenvalue weighted by molar-refractivity contribution is 7.13. The van der Waals surface area contributed by atoms with Crippen molar-refractivity contribution in [2.75, 3.05) is 38.0 Å². The maximum absolute atomic E-state index is 12.6. The fraction of sp³-hybridized carbons (Fsp3) is 0.733. The van der Waals surface area contributed by atoms with Crippen molar-refractivity contribution in [3.63, 3.8) is 0 Å². The third-order valence-corrected chi connectivity index (χ3v) is 4.94. The fourth-order valence-electron chi connectivity index (χ4n) is 2.99. The predicted octanol–water partition coefficient (Wildman–Crippen LogP) is 2.13. The minimum Gasteiger partial charge on any atom is -0.362 e. The van der Waals surface area contributed by atoms with Gasteiger partial charge < -0.3 is 10.2 Å². The van der Waals surface area contributed by atoms with Crippen LogP contribution in [0.25, 0.3) is 0 Å². The molecule has 1 N–H and O–H groups in total. The summed E-state index contributed by atoms with van der Waals surface area (Å²) in [5, 5.41) is 5.87. The number of rotatable bonds is 4. The number of nitrogens with zero attached hydrogens (tertiary/aromatic N) is 3. The van der Waals surface area contributed by atoms with E-state index in [1.165, 1.54) is 24.2 Å². The Morgan fingerprint density at radius 1 is 1.43 bits per heavy atom. The quantitative estimate of drug-likeness (QED) is 0.926. The summed E-state index contributed by atoms with van der Waals surface area (Å²) < 4.78 is 0. The zero-order chi connectivity index (χ0) is 14.8. The summed E-state index contributed by atoms with van der Waals surface area (Å²) in [6.45, 7) is 8.90. The van der Waals surface area contributed by atoms with E-state index in [1.807, 2.05) is 17.2 Å². The van der Waals surface area contributed by atoms with E-state index in [4.69, 9.17) is 0 Å². The number of carbonyl (C=O) groups excluding carboxylic acids is 1. The molecule has 2 aliphatic rings. The van der Waals surface area contributed by atoms with Crippen molar-refractivity contribution in [2.45, 2.75) is 32.7 Å². The molecule has 5 nitrogen and oxygen atoms in total. The van der Waals surface area contributed by atoms with Crippen molar-refractivity contribution in [2.24, 2.45) is 5.92 Å². The third kappa shape index (κ3) is 3.55. The second-order valence-corrected chi connectivity index (χ2v) is 7.01. The molecule has 116 valence electrons. The van der Waals surface area contributed by atoms with Crippen LogP contribution >= 0.6 is 11.3 Å². The van der Waals surface area contributed by atoms with Gasteiger partial charge in [0.05, 0.1) is 0 Å². The first-order chi connectivity index (χ1) is 10.2. The Morgan fingerprint density at radius 2 is 2.24 bits per heavy atom. The van der Waals surface area contributed by atoms with Crippen LogP contribution in [0.1, 0.15) is 37.2 Å². The summed E-state index contributed by atoms with van der Waals surface area (Å²) in [4.78, 5) is 21.6. The molecule has 0 radical (unpaired) electrons. The molecule has 0 aromatic carbocycles. The summed E-state index contributed by atoms with van der Waals surface area (Å²) in [6.07, 6.45) is 2.66. The van der Waals surface area contributed by atoms with Gasteiger partial charge in [0.2, 0.25) is 0 Å². The Labute approximate surface area is 130 Å². The van der Waals surface area contributed by atoms with Gasteiger partial charge in [-0.15, -0.1) is 11.3 Å². The molecule has 1 aromatic heterocycles. The molecule has 1 atom stereocenters. The van der Waals surface area contributed by atoms with E-state index in [2.05, 4.69) is 22.1 Å². The zero-order valence-electron chi connectivity index (χ0n) is 12.8. The molecule has 2 fully saturated rings. The highest BCUT2D eigenvalue weighted by Gasteiger charge is 2.33. The Morgan fingerprint density at radius 3 is 2.95 bits per heavy atom. The average molecular weight is 308 g/mol. The second kappa shape index (κ2) is 6.32. The van der Waals surface area contributed by atoms with Crippen LogP contribution in [0.15, 0.2) is 5.38 Å². The van der Waals surface area contributed by atoms with Crippen molar-refractivity contribution in [3.8, 4) is 0 Å². The molecule has 21 heavy (non-hydrogen) atoms. The van der Waals surface area contributed by atoms with Crippen LogP contribution in [0.3, 0.4) is 0 Å². The molecule has 1 saturated heterocycles. The normalized spacial score (nSPS) is 23.9. The number of thiazole rings is 1. The highest BCUT2D eigenvalue weighted by atomic mass is 32.1. The lowest BCUT2D eigenvalue weighted by molar-refractivity contribution is 0.0743. The average Bonchev–Trinajstić information content (AvgIpc) is 3.23. The maximum Gasteiger partial charge on any atom is 0.273 e. The lowest BCUT2D eigenvalue weighted by Gasteiger charge is -2.21. The fourth-order valence-corrected chi connectivity index (χ4v) is 3.74. The second-order valence-electron chi connectivity index (χ2n) is 6.15. The summed E-state index contributed by atoms with van der Waals surface area (Å²) >= 11 is 1.51. The number of aromatic nitrogens is 1. The van der Waals surface area contributed by atoms with E-state index in [-0.39, 0.29) is 5.91 Å².